The summed E-state index contributed by atoms with van der Waals surface area (Å²) in [6.07, 6.45) is 2.46. The van der Waals surface area contributed by atoms with Crippen LogP contribution in [0.5, 0.6) is 0 Å². The first-order valence-corrected chi connectivity index (χ1v) is 8.65. The lowest BCUT2D eigenvalue weighted by molar-refractivity contribution is -0.136. The highest BCUT2D eigenvalue weighted by Gasteiger charge is 2.39. The Balaban J connectivity index is 1.65. The number of aromatic nitrogens is 1. The number of aryl methyl sites for hydroxylation is 2. The third kappa shape index (κ3) is 2.67. The molecule has 3 amide bonds. The van der Waals surface area contributed by atoms with Crippen molar-refractivity contribution in [3.63, 3.8) is 0 Å². The molecule has 1 unspecified atom stereocenters. The van der Waals surface area contributed by atoms with Gasteiger partial charge in [0.1, 0.15) is 6.04 Å². The van der Waals surface area contributed by atoms with Crippen molar-refractivity contribution in [2.45, 2.75) is 39.3 Å². The van der Waals surface area contributed by atoms with Crippen molar-refractivity contribution in [1.29, 1.82) is 0 Å². The van der Waals surface area contributed by atoms with E-state index in [2.05, 4.69) is 16.4 Å². The molecule has 2 aliphatic heterocycles. The molecule has 2 aliphatic rings. The molecule has 1 N–H and O–H groups in total. The van der Waals surface area contributed by atoms with Crippen LogP contribution in [0.25, 0.3) is 11.3 Å². The smallest absolute Gasteiger partial charge is 0.255 e. The van der Waals surface area contributed by atoms with E-state index < -0.39 is 11.9 Å². The van der Waals surface area contributed by atoms with Gasteiger partial charge in [0, 0.05) is 30.3 Å². The zero-order valence-electron chi connectivity index (χ0n) is 14.7. The molecule has 1 saturated heterocycles. The summed E-state index contributed by atoms with van der Waals surface area (Å²) in [7, 11) is 0. The first kappa shape index (κ1) is 16.4. The molecule has 0 bridgehead atoms. The summed E-state index contributed by atoms with van der Waals surface area (Å²) in [6.45, 7) is 4.39. The molecular formula is C20H19N3O3. The number of piperidine rings is 1. The largest absolute Gasteiger partial charge is 0.322 e. The van der Waals surface area contributed by atoms with Gasteiger partial charge in [0.25, 0.3) is 5.91 Å². The second-order valence-corrected chi connectivity index (χ2v) is 6.95. The predicted octanol–water partition coefficient (Wildman–Crippen LogP) is 2.13. The van der Waals surface area contributed by atoms with Crippen molar-refractivity contribution in [2.75, 3.05) is 0 Å². The number of amides is 3. The number of hydrogen-bond acceptors (Lipinski definition) is 4. The number of carbonyl (C=O) groups is 3. The van der Waals surface area contributed by atoms with E-state index in [1.165, 1.54) is 0 Å². The molecular weight excluding hydrogens is 330 g/mol. The van der Waals surface area contributed by atoms with Crippen LogP contribution in [0, 0.1) is 13.8 Å². The topological polar surface area (TPSA) is 79.4 Å². The summed E-state index contributed by atoms with van der Waals surface area (Å²) >= 11 is 0. The Morgan fingerprint density at radius 2 is 1.96 bits per heavy atom. The predicted molar refractivity (Wildman–Crippen MR) is 95.2 cm³/mol. The van der Waals surface area contributed by atoms with Crippen molar-refractivity contribution in [3.05, 3.63) is 52.7 Å². The lowest BCUT2D eigenvalue weighted by Gasteiger charge is -2.29. The summed E-state index contributed by atoms with van der Waals surface area (Å²) in [5.41, 5.74) is 5.54. The molecule has 1 fully saturated rings. The van der Waals surface area contributed by atoms with Crippen LogP contribution in [-0.2, 0) is 16.1 Å². The lowest BCUT2D eigenvalue weighted by atomic mass is 10.0. The highest BCUT2D eigenvalue weighted by atomic mass is 16.2. The third-order valence-corrected chi connectivity index (χ3v) is 5.01. The van der Waals surface area contributed by atoms with Gasteiger partial charge in [-0.15, -0.1) is 0 Å². The van der Waals surface area contributed by atoms with E-state index in [9.17, 15) is 14.4 Å². The number of rotatable bonds is 2. The highest BCUT2D eigenvalue weighted by Crippen LogP contribution is 2.31. The first-order chi connectivity index (χ1) is 12.4. The number of hydrogen-bond donors (Lipinski definition) is 1. The fourth-order valence-electron chi connectivity index (χ4n) is 3.74. The second-order valence-electron chi connectivity index (χ2n) is 6.95. The van der Waals surface area contributed by atoms with E-state index in [-0.39, 0.29) is 18.2 Å². The molecule has 2 aromatic rings. The minimum absolute atomic E-state index is 0.158. The summed E-state index contributed by atoms with van der Waals surface area (Å²) in [6, 6.07) is 7.17. The van der Waals surface area contributed by atoms with Gasteiger partial charge in [-0.2, -0.15) is 0 Å². The van der Waals surface area contributed by atoms with E-state index in [1.54, 1.807) is 11.0 Å². The number of nitrogens with zero attached hydrogens (tertiary/aromatic N) is 2. The highest BCUT2D eigenvalue weighted by molar-refractivity contribution is 6.05. The maximum Gasteiger partial charge on any atom is 0.255 e. The van der Waals surface area contributed by atoms with Crippen LogP contribution in [0.3, 0.4) is 0 Å². The molecule has 4 rings (SSSR count). The minimum atomic E-state index is -0.588. The molecule has 0 radical (unpaired) electrons. The quantitative estimate of drug-likeness (QED) is 0.843. The number of fused-ring (bicyclic) bond motifs is 1. The standard InChI is InChI=1S/C20H19N3O3/c1-11-7-12(2)18(21-9-11)13-3-4-15-14(8-13)10-23(20(15)26)16-5-6-17(24)22-19(16)25/h3-4,7-9,16H,5-6,10H2,1-2H3,(H,22,24,25). The second kappa shape index (κ2) is 6.05. The molecule has 26 heavy (non-hydrogen) atoms. The Labute approximate surface area is 151 Å². The van der Waals surface area contributed by atoms with Gasteiger partial charge in [-0.05, 0) is 49.1 Å². The molecule has 1 aromatic carbocycles. The lowest BCUT2D eigenvalue weighted by Crippen LogP contribution is -2.52. The van der Waals surface area contributed by atoms with E-state index >= 15 is 0 Å². The normalized spacial score (nSPS) is 19.5. The molecule has 6 heteroatoms. The Morgan fingerprint density at radius 1 is 1.15 bits per heavy atom. The molecule has 1 aromatic heterocycles. The molecule has 0 aliphatic carbocycles. The first-order valence-electron chi connectivity index (χ1n) is 8.65. The Hall–Kier alpha value is -3.02. The van der Waals surface area contributed by atoms with Gasteiger partial charge in [0.05, 0.1) is 5.69 Å². The average molecular weight is 349 g/mol. The fraction of sp³-hybridized carbons (Fsp3) is 0.300. The molecule has 1 atom stereocenters. The van der Waals surface area contributed by atoms with Crippen molar-refractivity contribution >= 4 is 17.7 Å². The van der Waals surface area contributed by atoms with Crippen LogP contribution in [0.2, 0.25) is 0 Å². The zero-order valence-corrected chi connectivity index (χ0v) is 14.7. The Bertz CT molecular complexity index is 951. The zero-order chi connectivity index (χ0) is 18.4. The van der Waals surface area contributed by atoms with Crippen LogP contribution in [-0.4, -0.2) is 33.6 Å². The summed E-state index contributed by atoms with van der Waals surface area (Å²) in [5, 5.41) is 2.32. The van der Waals surface area contributed by atoms with Crippen molar-refractivity contribution in [3.8, 4) is 11.3 Å². The number of pyridine rings is 1. The minimum Gasteiger partial charge on any atom is -0.322 e. The maximum absolute atomic E-state index is 12.7. The van der Waals surface area contributed by atoms with Crippen LogP contribution >= 0.6 is 0 Å². The Kier molecular flexibility index (Phi) is 3.83. The van der Waals surface area contributed by atoms with Gasteiger partial charge in [-0.25, -0.2) is 0 Å². The summed E-state index contributed by atoms with van der Waals surface area (Å²) in [4.78, 5) is 42.3. The summed E-state index contributed by atoms with van der Waals surface area (Å²) < 4.78 is 0. The molecule has 0 spiro atoms. The van der Waals surface area contributed by atoms with Gasteiger partial charge in [0.2, 0.25) is 11.8 Å². The van der Waals surface area contributed by atoms with E-state index in [4.69, 9.17) is 0 Å². The van der Waals surface area contributed by atoms with Crippen molar-refractivity contribution < 1.29 is 14.4 Å². The van der Waals surface area contributed by atoms with Gasteiger partial charge in [-0.3, -0.25) is 24.7 Å². The van der Waals surface area contributed by atoms with Crippen LogP contribution in [0.1, 0.15) is 39.9 Å². The van der Waals surface area contributed by atoms with Crippen LogP contribution in [0.15, 0.2) is 30.5 Å². The van der Waals surface area contributed by atoms with E-state index in [0.717, 1.165) is 27.9 Å². The monoisotopic (exact) mass is 349 g/mol. The van der Waals surface area contributed by atoms with E-state index in [1.807, 2.05) is 32.2 Å². The molecule has 3 heterocycles. The average Bonchev–Trinajstić information content (AvgIpc) is 2.91. The van der Waals surface area contributed by atoms with Crippen molar-refractivity contribution in [2.24, 2.45) is 0 Å². The molecule has 0 saturated carbocycles. The van der Waals surface area contributed by atoms with Crippen molar-refractivity contribution in [1.82, 2.24) is 15.2 Å². The SMILES string of the molecule is Cc1cnc(-c2ccc3c(c2)CN(C2CCC(=O)NC2=O)C3=O)c(C)c1. The molecule has 6 nitrogen and oxygen atoms in total. The van der Waals surface area contributed by atoms with E-state index in [0.29, 0.717) is 18.5 Å². The van der Waals surface area contributed by atoms with Gasteiger partial charge in [-0.1, -0.05) is 12.1 Å². The number of imide groups is 1. The summed E-state index contributed by atoms with van der Waals surface area (Å²) in [5.74, 6) is -0.827. The Morgan fingerprint density at radius 3 is 2.69 bits per heavy atom. The number of nitrogens with one attached hydrogen (secondary N) is 1. The number of benzene rings is 1. The van der Waals surface area contributed by atoms with Crippen LogP contribution < -0.4 is 5.32 Å². The van der Waals surface area contributed by atoms with Gasteiger partial charge >= 0.3 is 0 Å². The molecule has 132 valence electrons. The maximum atomic E-state index is 12.7. The third-order valence-electron chi connectivity index (χ3n) is 5.01. The number of carbonyl (C=O) groups excluding carboxylic acids is 3. The van der Waals surface area contributed by atoms with Crippen LogP contribution in [0.4, 0.5) is 0 Å². The fourth-order valence-corrected chi connectivity index (χ4v) is 3.74. The van der Waals surface area contributed by atoms with Gasteiger partial charge < -0.3 is 4.90 Å². The van der Waals surface area contributed by atoms with Gasteiger partial charge in [0.15, 0.2) is 0 Å².